The average Bonchev–Trinajstić information content (AvgIpc) is 3.14. The van der Waals surface area contributed by atoms with E-state index in [1.165, 1.54) is 12.1 Å². The molecule has 0 fully saturated rings. The molecule has 0 saturated carbocycles. The van der Waals surface area contributed by atoms with Gasteiger partial charge < -0.3 is 4.57 Å². The van der Waals surface area contributed by atoms with Gasteiger partial charge in [0, 0.05) is 13.2 Å². The number of hydrogen-bond donors (Lipinski definition) is 0. The number of hydrogen-bond acceptors (Lipinski definition) is 4. The van der Waals surface area contributed by atoms with Crippen LogP contribution in [-0.4, -0.2) is 24.5 Å². The molecule has 0 radical (unpaired) electrons. The molecule has 4 heterocycles. The number of rotatable bonds is 5. The Labute approximate surface area is 207 Å². The Morgan fingerprint density at radius 2 is 1.28 bits per heavy atom. The van der Waals surface area contributed by atoms with Gasteiger partial charge in [-0.2, -0.15) is 27.5 Å². The van der Waals surface area contributed by atoms with Gasteiger partial charge in [-0.3, -0.25) is 4.98 Å². The van der Waals surface area contributed by atoms with Crippen LogP contribution < -0.4 is 0 Å². The number of aryl methyl sites for hydroxylation is 1. The van der Waals surface area contributed by atoms with E-state index in [9.17, 15) is 17.6 Å². The van der Waals surface area contributed by atoms with Crippen LogP contribution in [0.1, 0.15) is 51.7 Å². The lowest BCUT2D eigenvalue weighted by Crippen LogP contribution is -2.25. The summed E-state index contributed by atoms with van der Waals surface area (Å²) in [4.78, 5) is 15.9. The molecule has 5 nitrogen and oxygen atoms in total. The van der Waals surface area contributed by atoms with Crippen LogP contribution >= 0.6 is 0 Å². The molecular formula is C27H27F4N5. The van der Waals surface area contributed by atoms with E-state index in [1.807, 2.05) is 19.9 Å². The van der Waals surface area contributed by atoms with Gasteiger partial charge in [0.25, 0.3) is 0 Å². The number of halogens is 4. The zero-order valence-electron chi connectivity index (χ0n) is 21.0. The molecule has 0 saturated heterocycles. The summed E-state index contributed by atoms with van der Waals surface area (Å²) < 4.78 is 57.4. The van der Waals surface area contributed by atoms with Gasteiger partial charge in [-0.1, -0.05) is 20.8 Å². The first kappa shape index (κ1) is 25.5. The van der Waals surface area contributed by atoms with Crippen LogP contribution in [0.15, 0.2) is 42.6 Å². The highest BCUT2D eigenvalue weighted by molar-refractivity contribution is 5.61. The Morgan fingerprint density at radius 1 is 0.722 bits per heavy atom. The lowest BCUT2D eigenvalue weighted by molar-refractivity contribution is 0.410. The third-order valence-electron chi connectivity index (χ3n) is 5.88. The van der Waals surface area contributed by atoms with E-state index in [2.05, 4.69) is 35.7 Å². The Morgan fingerprint density at radius 3 is 1.81 bits per heavy atom. The Hall–Kier alpha value is -3.62. The van der Waals surface area contributed by atoms with Crippen LogP contribution in [0.2, 0.25) is 0 Å². The fourth-order valence-electron chi connectivity index (χ4n) is 4.26. The lowest BCUT2D eigenvalue weighted by atomic mass is 9.83. The first-order chi connectivity index (χ1) is 16.7. The molecule has 0 aromatic carbocycles. The molecule has 36 heavy (non-hydrogen) atoms. The maximum Gasteiger partial charge on any atom is 0.225 e. The molecule has 4 rings (SSSR count). The van der Waals surface area contributed by atoms with Crippen molar-refractivity contribution in [3.8, 4) is 22.5 Å². The van der Waals surface area contributed by atoms with Gasteiger partial charge in [0.2, 0.25) is 23.8 Å². The maximum absolute atomic E-state index is 14.6. The number of imidazole rings is 1. The summed E-state index contributed by atoms with van der Waals surface area (Å²) >= 11 is 0. The summed E-state index contributed by atoms with van der Waals surface area (Å²) in [6.07, 6.45) is 2.32. The SMILES string of the molecule is Cn1cc(-c2ccc(F)nc2F)nc1C(C)(C)c1cc(CC(C)(C)C)cc(-c2ccc(F)nc2F)n1. The van der Waals surface area contributed by atoms with Crippen molar-refractivity contribution in [3.63, 3.8) is 0 Å². The quantitative estimate of drug-likeness (QED) is 0.236. The van der Waals surface area contributed by atoms with Crippen molar-refractivity contribution in [2.75, 3.05) is 0 Å². The predicted molar refractivity (Wildman–Crippen MR) is 129 cm³/mol. The van der Waals surface area contributed by atoms with E-state index in [0.29, 0.717) is 29.3 Å². The minimum atomic E-state index is -0.954. The molecule has 4 aromatic rings. The second-order valence-corrected chi connectivity index (χ2v) is 10.6. The van der Waals surface area contributed by atoms with Gasteiger partial charge in [-0.25, -0.2) is 4.98 Å². The van der Waals surface area contributed by atoms with E-state index in [0.717, 1.165) is 17.7 Å². The molecular weight excluding hydrogens is 470 g/mol. The van der Waals surface area contributed by atoms with Crippen LogP contribution in [0.4, 0.5) is 17.6 Å². The zero-order chi connectivity index (χ0) is 26.4. The van der Waals surface area contributed by atoms with Crippen LogP contribution in [-0.2, 0) is 18.9 Å². The van der Waals surface area contributed by atoms with Crippen molar-refractivity contribution >= 4 is 0 Å². The van der Waals surface area contributed by atoms with E-state index < -0.39 is 29.2 Å². The normalized spacial score (nSPS) is 12.3. The molecule has 0 spiro atoms. The van der Waals surface area contributed by atoms with Gasteiger partial charge in [0.1, 0.15) is 5.82 Å². The van der Waals surface area contributed by atoms with Gasteiger partial charge in [-0.15, -0.1) is 0 Å². The molecule has 0 bridgehead atoms. The van der Waals surface area contributed by atoms with E-state index in [4.69, 9.17) is 4.98 Å². The van der Waals surface area contributed by atoms with Gasteiger partial charge in [-0.05, 0) is 67.6 Å². The van der Waals surface area contributed by atoms with Gasteiger partial charge >= 0.3 is 0 Å². The summed E-state index contributed by atoms with van der Waals surface area (Å²) in [6, 6.07) is 8.51. The van der Waals surface area contributed by atoms with Crippen molar-refractivity contribution in [1.29, 1.82) is 0 Å². The Bertz CT molecular complexity index is 1440. The Kier molecular flexibility index (Phi) is 6.45. The molecule has 0 atom stereocenters. The fourth-order valence-corrected chi connectivity index (χ4v) is 4.26. The smallest absolute Gasteiger partial charge is 0.225 e. The molecule has 0 aliphatic rings. The van der Waals surface area contributed by atoms with Crippen molar-refractivity contribution in [2.45, 2.75) is 46.5 Å². The third kappa shape index (κ3) is 5.15. The molecule has 0 N–H and O–H groups in total. The summed E-state index contributed by atoms with van der Waals surface area (Å²) in [5.74, 6) is -3.17. The lowest BCUT2D eigenvalue weighted by Gasteiger charge is -2.26. The van der Waals surface area contributed by atoms with Gasteiger partial charge in [0.15, 0.2) is 0 Å². The third-order valence-corrected chi connectivity index (χ3v) is 5.88. The van der Waals surface area contributed by atoms with E-state index >= 15 is 0 Å². The first-order valence-electron chi connectivity index (χ1n) is 11.4. The standard InChI is InChI=1S/C27H27F4N5/c1-26(2,3)13-15-11-18(16-7-9-21(28)34-23(16)30)32-20(12-15)27(4,5)25-33-19(14-36(25)6)17-8-10-22(29)35-24(17)31/h7-12,14H,13H2,1-6H3. The van der Waals surface area contributed by atoms with Crippen molar-refractivity contribution in [2.24, 2.45) is 12.5 Å². The number of pyridine rings is 3. The van der Waals surface area contributed by atoms with Crippen LogP contribution in [0.5, 0.6) is 0 Å². The fraction of sp³-hybridized carbons (Fsp3) is 0.333. The summed E-state index contributed by atoms with van der Waals surface area (Å²) in [5, 5.41) is 0. The molecule has 188 valence electrons. The summed E-state index contributed by atoms with van der Waals surface area (Å²) in [5.41, 5.74) is 1.43. The van der Waals surface area contributed by atoms with Crippen molar-refractivity contribution in [3.05, 3.63) is 83.5 Å². The zero-order valence-corrected chi connectivity index (χ0v) is 21.0. The molecule has 9 heteroatoms. The van der Waals surface area contributed by atoms with Crippen LogP contribution in [0.3, 0.4) is 0 Å². The van der Waals surface area contributed by atoms with Gasteiger partial charge in [0.05, 0.1) is 33.6 Å². The second-order valence-electron chi connectivity index (χ2n) is 10.6. The largest absolute Gasteiger partial charge is 0.337 e. The number of nitrogens with zero attached hydrogens (tertiary/aromatic N) is 5. The molecule has 0 aliphatic carbocycles. The molecule has 4 aromatic heterocycles. The molecule has 0 amide bonds. The Balaban J connectivity index is 1.86. The van der Waals surface area contributed by atoms with Crippen molar-refractivity contribution < 1.29 is 17.6 Å². The molecule has 0 unspecified atom stereocenters. The maximum atomic E-state index is 14.6. The van der Waals surface area contributed by atoms with Crippen LogP contribution in [0, 0.1) is 29.2 Å². The average molecular weight is 498 g/mol. The minimum Gasteiger partial charge on any atom is -0.337 e. The highest BCUT2D eigenvalue weighted by Gasteiger charge is 2.32. The number of aromatic nitrogens is 5. The summed E-state index contributed by atoms with van der Waals surface area (Å²) in [6.45, 7) is 10.1. The highest BCUT2D eigenvalue weighted by atomic mass is 19.1. The summed E-state index contributed by atoms with van der Waals surface area (Å²) in [7, 11) is 1.77. The van der Waals surface area contributed by atoms with Crippen molar-refractivity contribution in [1.82, 2.24) is 24.5 Å². The molecule has 0 aliphatic heterocycles. The first-order valence-corrected chi connectivity index (χ1v) is 11.4. The van der Waals surface area contributed by atoms with E-state index in [1.54, 1.807) is 23.9 Å². The monoisotopic (exact) mass is 497 g/mol. The van der Waals surface area contributed by atoms with E-state index in [-0.39, 0.29) is 16.5 Å². The highest BCUT2D eigenvalue weighted by Crippen LogP contribution is 2.35. The predicted octanol–water partition coefficient (Wildman–Crippen LogP) is 6.41. The van der Waals surface area contributed by atoms with Crippen LogP contribution in [0.25, 0.3) is 22.5 Å². The topological polar surface area (TPSA) is 56.5 Å². The minimum absolute atomic E-state index is 0.0663. The second kappa shape index (κ2) is 9.11.